The highest BCUT2D eigenvalue weighted by Gasteiger charge is 2.10. The third-order valence-electron chi connectivity index (χ3n) is 3.74. The molecular weight excluding hydrogens is 294 g/mol. The number of hydrogen-bond acceptors (Lipinski definition) is 4. The van der Waals surface area contributed by atoms with Gasteiger partial charge in [-0.15, -0.1) is 0 Å². The van der Waals surface area contributed by atoms with Gasteiger partial charge in [-0.3, -0.25) is 14.8 Å². The predicted molar refractivity (Wildman–Crippen MR) is 87.8 cm³/mol. The number of ether oxygens (including phenoxy) is 1. The number of aryl methyl sites for hydroxylation is 2. The highest BCUT2D eigenvalue weighted by molar-refractivity contribution is 5.80. The van der Waals surface area contributed by atoms with Crippen LogP contribution >= 0.6 is 0 Å². The number of nitrogens with zero attached hydrogens (tertiary/aromatic N) is 3. The van der Waals surface area contributed by atoms with E-state index in [-0.39, 0.29) is 5.69 Å². The summed E-state index contributed by atoms with van der Waals surface area (Å²) in [5.41, 5.74) is 3.03. The first kappa shape index (κ1) is 15.0. The van der Waals surface area contributed by atoms with Gasteiger partial charge in [-0.25, -0.2) is 0 Å². The van der Waals surface area contributed by atoms with Gasteiger partial charge in [0.15, 0.2) is 0 Å². The van der Waals surface area contributed by atoms with Gasteiger partial charge in [-0.2, -0.15) is 5.10 Å². The van der Waals surface area contributed by atoms with Crippen molar-refractivity contribution in [1.29, 1.82) is 0 Å². The molecule has 0 N–H and O–H groups in total. The molecule has 0 bridgehead atoms. The molecule has 23 heavy (non-hydrogen) atoms. The van der Waals surface area contributed by atoms with Crippen molar-refractivity contribution in [2.24, 2.45) is 0 Å². The van der Waals surface area contributed by atoms with Crippen LogP contribution < -0.4 is 4.74 Å². The molecule has 1 aromatic heterocycles. The van der Waals surface area contributed by atoms with Gasteiger partial charge >= 0.3 is 0 Å². The van der Waals surface area contributed by atoms with Gasteiger partial charge < -0.3 is 4.74 Å². The molecule has 0 saturated heterocycles. The minimum atomic E-state index is -0.399. The molecule has 0 amide bonds. The van der Waals surface area contributed by atoms with E-state index in [2.05, 4.69) is 5.10 Å². The second-order valence-corrected chi connectivity index (χ2v) is 5.49. The number of nitro groups is 1. The summed E-state index contributed by atoms with van der Waals surface area (Å²) in [6.07, 6.45) is 1.71. The summed E-state index contributed by atoms with van der Waals surface area (Å²) in [7, 11) is 0. The second kappa shape index (κ2) is 6.08. The first-order valence-electron chi connectivity index (χ1n) is 7.34. The summed E-state index contributed by atoms with van der Waals surface area (Å²) in [6.45, 7) is 5.00. The van der Waals surface area contributed by atoms with Crippen molar-refractivity contribution in [2.45, 2.75) is 20.4 Å². The maximum absolute atomic E-state index is 10.9. The number of nitro benzene ring substituents is 1. The molecule has 0 atom stereocenters. The summed E-state index contributed by atoms with van der Waals surface area (Å²) in [4.78, 5) is 10.5. The van der Waals surface area contributed by atoms with Gasteiger partial charge in [0.1, 0.15) is 12.4 Å². The van der Waals surface area contributed by atoms with E-state index in [1.54, 1.807) is 23.0 Å². The van der Waals surface area contributed by atoms with Crippen molar-refractivity contribution in [2.75, 3.05) is 6.61 Å². The van der Waals surface area contributed by atoms with Gasteiger partial charge in [0.05, 0.1) is 23.2 Å². The SMILES string of the molecule is Cc1ccc(C)c(OCCn2ncc3ccc([N+](=O)[O-])cc32)c1. The highest BCUT2D eigenvalue weighted by atomic mass is 16.6. The Kier molecular flexibility index (Phi) is 3.97. The van der Waals surface area contributed by atoms with Crippen LogP contribution in [-0.4, -0.2) is 21.3 Å². The molecule has 6 heteroatoms. The van der Waals surface area contributed by atoms with E-state index < -0.39 is 4.92 Å². The van der Waals surface area contributed by atoms with Crippen LogP contribution in [0.4, 0.5) is 5.69 Å². The van der Waals surface area contributed by atoms with Gasteiger partial charge in [0, 0.05) is 17.5 Å². The quantitative estimate of drug-likeness (QED) is 0.533. The lowest BCUT2D eigenvalue weighted by Crippen LogP contribution is -2.10. The topological polar surface area (TPSA) is 70.2 Å². The minimum absolute atomic E-state index is 0.0645. The summed E-state index contributed by atoms with van der Waals surface area (Å²) >= 11 is 0. The number of benzene rings is 2. The Labute approximate surface area is 133 Å². The lowest BCUT2D eigenvalue weighted by atomic mass is 10.1. The largest absolute Gasteiger partial charge is 0.491 e. The number of aromatic nitrogens is 2. The van der Waals surface area contributed by atoms with Gasteiger partial charge in [-0.05, 0) is 37.1 Å². The first-order chi connectivity index (χ1) is 11.0. The zero-order chi connectivity index (χ0) is 16.4. The van der Waals surface area contributed by atoms with Crippen molar-refractivity contribution in [3.05, 3.63) is 63.8 Å². The standard InChI is InChI=1S/C17H17N3O3/c1-12-3-4-13(2)17(9-12)23-8-7-19-16-10-15(20(21)22)6-5-14(16)11-18-19/h3-6,9-11H,7-8H2,1-2H3. The van der Waals surface area contributed by atoms with Gasteiger partial charge in [-0.1, -0.05) is 12.1 Å². The summed E-state index contributed by atoms with van der Waals surface area (Å²) in [5, 5.41) is 16.1. The van der Waals surface area contributed by atoms with E-state index in [0.717, 1.165) is 27.8 Å². The number of non-ortho nitro benzene ring substituents is 1. The molecule has 3 aromatic rings. The van der Waals surface area contributed by atoms with Crippen LogP contribution in [0.2, 0.25) is 0 Å². The fourth-order valence-electron chi connectivity index (χ4n) is 2.46. The van der Waals surface area contributed by atoms with Crippen molar-refractivity contribution in [1.82, 2.24) is 9.78 Å². The normalized spacial score (nSPS) is 10.9. The van der Waals surface area contributed by atoms with Crippen LogP contribution in [-0.2, 0) is 6.54 Å². The van der Waals surface area contributed by atoms with Gasteiger partial charge in [0.2, 0.25) is 0 Å². The summed E-state index contributed by atoms with van der Waals surface area (Å²) in [5.74, 6) is 0.854. The molecule has 0 unspecified atom stereocenters. The third kappa shape index (κ3) is 3.15. The van der Waals surface area contributed by atoms with Crippen LogP contribution in [0.3, 0.4) is 0 Å². The smallest absolute Gasteiger partial charge is 0.271 e. The van der Waals surface area contributed by atoms with Crippen molar-refractivity contribution in [3.8, 4) is 5.75 Å². The fraction of sp³-hybridized carbons (Fsp3) is 0.235. The van der Waals surface area contributed by atoms with Crippen molar-refractivity contribution in [3.63, 3.8) is 0 Å². The number of rotatable bonds is 5. The molecule has 1 heterocycles. The maximum Gasteiger partial charge on any atom is 0.271 e. The Morgan fingerprint density at radius 1 is 1.22 bits per heavy atom. The first-order valence-corrected chi connectivity index (χ1v) is 7.34. The summed E-state index contributed by atoms with van der Waals surface area (Å²) in [6, 6.07) is 10.8. The molecule has 0 radical (unpaired) electrons. The zero-order valence-corrected chi connectivity index (χ0v) is 13.0. The van der Waals surface area contributed by atoms with Crippen LogP contribution in [0.25, 0.3) is 10.9 Å². The van der Waals surface area contributed by atoms with Crippen LogP contribution in [0.15, 0.2) is 42.6 Å². The predicted octanol–water partition coefficient (Wildman–Crippen LogP) is 3.64. The van der Waals surface area contributed by atoms with Crippen molar-refractivity contribution >= 4 is 16.6 Å². The molecule has 3 rings (SSSR count). The van der Waals surface area contributed by atoms with Crippen molar-refractivity contribution < 1.29 is 9.66 Å². The van der Waals surface area contributed by atoms with E-state index in [0.29, 0.717) is 13.2 Å². The Balaban J connectivity index is 1.75. The lowest BCUT2D eigenvalue weighted by molar-refractivity contribution is -0.384. The minimum Gasteiger partial charge on any atom is -0.491 e. The molecule has 2 aromatic carbocycles. The van der Waals surface area contributed by atoms with E-state index >= 15 is 0 Å². The average Bonchev–Trinajstić information content (AvgIpc) is 2.93. The molecular formula is C17H17N3O3. The lowest BCUT2D eigenvalue weighted by Gasteiger charge is -2.10. The number of hydrogen-bond donors (Lipinski definition) is 0. The van der Waals surface area contributed by atoms with Crippen LogP contribution in [0.1, 0.15) is 11.1 Å². The van der Waals surface area contributed by atoms with Gasteiger partial charge in [0.25, 0.3) is 5.69 Å². The Morgan fingerprint density at radius 3 is 2.83 bits per heavy atom. The van der Waals surface area contributed by atoms with E-state index in [4.69, 9.17) is 4.74 Å². The molecule has 0 aliphatic heterocycles. The Hall–Kier alpha value is -2.89. The third-order valence-corrected chi connectivity index (χ3v) is 3.74. The van der Waals surface area contributed by atoms with E-state index in [1.165, 1.54) is 6.07 Å². The molecule has 0 saturated carbocycles. The monoisotopic (exact) mass is 311 g/mol. The van der Waals surface area contributed by atoms with Crippen LogP contribution in [0.5, 0.6) is 5.75 Å². The number of fused-ring (bicyclic) bond motifs is 1. The molecule has 0 aliphatic carbocycles. The van der Waals surface area contributed by atoms with E-state index in [9.17, 15) is 10.1 Å². The molecule has 0 fully saturated rings. The Bertz CT molecular complexity index is 871. The second-order valence-electron chi connectivity index (χ2n) is 5.49. The Morgan fingerprint density at radius 2 is 2.04 bits per heavy atom. The fourth-order valence-corrected chi connectivity index (χ4v) is 2.46. The average molecular weight is 311 g/mol. The molecule has 0 aliphatic rings. The zero-order valence-electron chi connectivity index (χ0n) is 13.0. The molecule has 118 valence electrons. The molecule has 0 spiro atoms. The molecule has 6 nitrogen and oxygen atoms in total. The highest BCUT2D eigenvalue weighted by Crippen LogP contribution is 2.21. The summed E-state index contributed by atoms with van der Waals surface area (Å²) < 4.78 is 7.55. The maximum atomic E-state index is 10.9. The van der Waals surface area contributed by atoms with E-state index in [1.807, 2.05) is 32.0 Å². The van der Waals surface area contributed by atoms with Crippen LogP contribution in [0, 0.1) is 24.0 Å².